The molecule has 0 spiro atoms. The van der Waals surface area contributed by atoms with E-state index in [-0.39, 0.29) is 17.1 Å². The predicted octanol–water partition coefficient (Wildman–Crippen LogP) is 4.02. The Morgan fingerprint density at radius 3 is 2.56 bits per heavy atom. The number of alkyl halides is 3. The zero-order valence-electron chi connectivity index (χ0n) is 8.22. The van der Waals surface area contributed by atoms with Crippen molar-refractivity contribution in [1.82, 2.24) is 0 Å². The second-order valence-corrected chi connectivity index (χ2v) is 5.20. The van der Waals surface area contributed by atoms with E-state index < -0.39 is 11.4 Å². The van der Waals surface area contributed by atoms with Gasteiger partial charge in [-0.15, -0.1) is 0 Å². The molecule has 1 aromatic carbocycles. The summed E-state index contributed by atoms with van der Waals surface area (Å²) in [6.07, 6.45) is 0. The molecule has 0 fully saturated rings. The van der Waals surface area contributed by atoms with Crippen LogP contribution in [0.1, 0.15) is 17.3 Å². The summed E-state index contributed by atoms with van der Waals surface area (Å²) in [7, 11) is 0. The van der Waals surface area contributed by atoms with Gasteiger partial charge in [-0.25, -0.2) is 0 Å². The largest absolute Gasteiger partial charge is 0.433 e. The first-order chi connectivity index (χ1) is 7.43. The van der Waals surface area contributed by atoms with E-state index >= 15 is 0 Å². The number of ether oxygens (including phenoxy) is 1. The van der Waals surface area contributed by atoms with Gasteiger partial charge in [-0.2, -0.15) is 8.78 Å². The molecule has 1 unspecified atom stereocenters. The first-order valence-corrected chi connectivity index (χ1v) is 6.06. The molecule has 1 rings (SSSR count). The van der Waals surface area contributed by atoms with E-state index in [9.17, 15) is 13.6 Å². The summed E-state index contributed by atoms with van der Waals surface area (Å²) >= 11 is 6.16. The molecule has 16 heavy (non-hydrogen) atoms. The predicted molar refractivity (Wildman–Crippen MR) is 63.5 cm³/mol. The number of hydrogen-bond acceptors (Lipinski definition) is 2. The number of carbonyl (C=O) groups excluding carboxylic acids is 1. The van der Waals surface area contributed by atoms with Crippen LogP contribution in [0.15, 0.2) is 22.7 Å². The summed E-state index contributed by atoms with van der Waals surface area (Å²) < 4.78 is 29.0. The highest BCUT2D eigenvalue weighted by Gasteiger charge is 2.20. The van der Waals surface area contributed by atoms with Gasteiger partial charge in [0, 0.05) is 0 Å². The minimum absolute atomic E-state index is 0.124. The first-order valence-electron chi connectivity index (χ1n) is 4.35. The van der Waals surface area contributed by atoms with Crippen LogP contribution in [0.2, 0.25) is 0 Å². The van der Waals surface area contributed by atoms with E-state index in [1.54, 1.807) is 13.0 Å². The quantitative estimate of drug-likeness (QED) is 0.601. The van der Waals surface area contributed by atoms with E-state index in [2.05, 4.69) is 36.6 Å². The molecule has 0 radical (unpaired) electrons. The lowest BCUT2D eigenvalue weighted by molar-refractivity contribution is -0.0506. The van der Waals surface area contributed by atoms with Gasteiger partial charge in [0.15, 0.2) is 11.5 Å². The van der Waals surface area contributed by atoms with Crippen LogP contribution in [0.4, 0.5) is 8.78 Å². The van der Waals surface area contributed by atoms with Crippen LogP contribution in [0.5, 0.6) is 5.75 Å². The summed E-state index contributed by atoms with van der Waals surface area (Å²) in [5, 5.41) is 0. The molecule has 0 amide bonds. The molecule has 0 bridgehead atoms. The number of Topliss-reactive ketones (excluding diaryl/α,β-unsaturated/α-hetero) is 1. The molecule has 0 aromatic heterocycles. The lowest BCUT2D eigenvalue weighted by atomic mass is 10.1. The number of hydrogen-bond donors (Lipinski definition) is 0. The van der Waals surface area contributed by atoms with Crippen LogP contribution in [-0.4, -0.2) is 17.2 Å². The minimum Gasteiger partial charge on any atom is -0.433 e. The lowest BCUT2D eigenvalue weighted by Crippen LogP contribution is -2.14. The molecule has 0 aliphatic carbocycles. The van der Waals surface area contributed by atoms with Gasteiger partial charge in [0.05, 0.1) is 14.9 Å². The zero-order valence-corrected chi connectivity index (χ0v) is 11.4. The molecule has 0 aliphatic heterocycles. The normalized spacial score (nSPS) is 12.6. The zero-order chi connectivity index (χ0) is 12.3. The van der Waals surface area contributed by atoms with Crippen LogP contribution in [0.25, 0.3) is 0 Å². The monoisotopic (exact) mass is 356 g/mol. The van der Waals surface area contributed by atoms with Crippen LogP contribution in [0, 0.1) is 0 Å². The van der Waals surface area contributed by atoms with Crippen LogP contribution < -0.4 is 4.74 Å². The first kappa shape index (κ1) is 13.6. The standard InChI is InChI=1S/C10H8Br2F2O2/c1-5(11)8(15)6-3-2-4-7(12)9(6)16-10(13)14/h2-5,10H,1H3. The van der Waals surface area contributed by atoms with Gasteiger partial charge >= 0.3 is 6.61 Å². The topological polar surface area (TPSA) is 26.3 Å². The lowest BCUT2D eigenvalue weighted by Gasteiger charge is -2.12. The number of halogens is 4. The van der Waals surface area contributed by atoms with Gasteiger partial charge in [-0.3, -0.25) is 4.79 Å². The van der Waals surface area contributed by atoms with Crippen molar-refractivity contribution in [2.24, 2.45) is 0 Å². The Labute approximate surface area is 108 Å². The third-order valence-corrected chi connectivity index (χ3v) is 2.84. The highest BCUT2D eigenvalue weighted by molar-refractivity contribution is 9.10. The molecular formula is C10H8Br2F2O2. The number of rotatable bonds is 4. The highest BCUT2D eigenvalue weighted by atomic mass is 79.9. The Hall–Kier alpha value is -0.490. The fraction of sp³-hybridized carbons (Fsp3) is 0.300. The van der Waals surface area contributed by atoms with Gasteiger partial charge in [-0.1, -0.05) is 22.0 Å². The fourth-order valence-corrected chi connectivity index (χ4v) is 1.83. The van der Waals surface area contributed by atoms with Gasteiger partial charge in [-0.05, 0) is 35.0 Å². The van der Waals surface area contributed by atoms with Crippen molar-refractivity contribution in [3.8, 4) is 5.75 Å². The number of ketones is 1. The highest BCUT2D eigenvalue weighted by Crippen LogP contribution is 2.31. The Bertz CT molecular complexity index is 394. The molecule has 0 N–H and O–H groups in total. The second-order valence-electron chi connectivity index (χ2n) is 2.98. The van der Waals surface area contributed by atoms with Crippen molar-refractivity contribution in [3.05, 3.63) is 28.2 Å². The summed E-state index contributed by atoms with van der Waals surface area (Å²) in [6, 6.07) is 4.57. The maximum Gasteiger partial charge on any atom is 0.387 e. The molecule has 0 aliphatic rings. The Morgan fingerprint density at radius 2 is 2.06 bits per heavy atom. The van der Waals surface area contributed by atoms with E-state index in [4.69, 9.17) is 0 Å². The molecule has 1 atom stereocenters. The summed E-state index contributed by atoms with van der Waals surface area (Å²) in [6.45, 7) is -1.34. The maximum atomic E-state index is 12.2. The van der Waals surface area contributed by atoms with E-state index in [1.165, 1.54) is 12.1 Å². The van der Waals surface area contributed by atoms with Crippen molar-refractivity contribution in [2.45, 2.75) is 18.4 Å². The summed E-state index contributed by atoms with van der Waals surface area (Å²) in [5.41, 5.74) is 0.124. The average molecular weight is 358 g/mol. The molecule has 1 aromatic rings. The van der Waals surface area contributed by atoms with Gasteiger partial charge < -0.3 is 4.74 Å². The molecule has 0 saturated carbocycles. The van der Waals surface area contributed by atoms with Gasteiger partial charge in [0.25, 0.3) is 0 Å². The van der Waals surface area contributed by atoms with Crippen molar-refractivity contribution < 1.29 is 18.3 Å². The molecule has 2 nitrogen and oxygen atoms in total. The fourth-order valence-electron chi connectivity index (χ4n) is 1.13. The van der Waals surface area contributed by atoms with Gasteiger partial charge in [0.1, 0.15) is 0 Å². The third kappa shape index (κ3) is 3.25. The van der Waals surface area contributed by atoms with Crippen molar-refractivity contribution in [2.75, 3.05) is 0 Å². The van der Waals surface area contributed by atoms with Crippen LogP contribution in [-0.2, 0) is 0 Å². The Morgan fingerprint density at radius 1 is 1.44 bits per heavy atom. The van der Waals surface area contributed by atoms with Gasteiger partial charge in [0.2, 0.25) is 0 Å². The molecule has 88 valence electrons. The molecular weight excluding hydrogens is 350 g/mol. The minimum atomic E-state index is -2.96. The summed E-state index contributed by atoms with van der Waals surface area (Å²) in [4.78, 5) is 11.2. The molecule has 0 saturated heterocycles. The maximum absolute atomic E-state index is 12.2. The van der Waals surface area contributed by atoms with E-state index in [1.807, 2.05) is 0 Å². The second kappa shape index (κ2) is 5.72. The van der Waals surface area contributed by atoms with E-state index in [0.717, 1.165) is 0 Å². The molecule has 0 heterocycles. The Balaban J connectivity index is 3.17. The smallest absolute Gasteiger partial charge is 0.387 e. The third-order valence-electron chi connectivity index (χ3n) is 1.80. The Kier molecular flexibility index (Phi) is 4.86. The van der Waals surface area contributed by atoms with Crippen LogP contribution >= 0.6 is 31.9 Å². The van der Waals surface area contributed by atoms with Crippen LogP contribution in [0.3, 0.4) is 0 Å². The molecule has 6 heteroatoms. The number of benzene rings is 1. The number of para-hydroxylation sites is 1. The van der Waals surface area contributed by atoms with E-state index in [0.29, 0.717) is 4.47 Å². The van der Waals surface area contributed by atoms with Crippen molar-refractivity contribution in [3.63, 3.8) is 0 Å². The average Bonchev–Trinajstić information content (AvgIpc) is 2.19. The number of carbonyl (C=O) groups is 1. The SMILES string of the molecule is CC(Br)C(=O)c1cccc(Br)c1OC(F)F. The van der Waals surface area contributed by atoms with Crippen molar-refractivity contribution >= 4 is 37.6 Å². The van der Waals surface area contributed by atoms with Crippen molar-refractivity contribution in [1.29, 1.82) is 0 Å². The summed E-state index contributed by atoms with van der Waals surface area (Å²) in [5.74, 6) is -0.439.